The lowest BCUT2D eigenvalue weighted by atomic mass is 9.82. The van der Waals surface area contributed by atoms with E-state index in [1.54, 1.807) is 4.90 Å². The molecule has 5 heterocycles. The molecule has 4 amide bonds. The molecule has 1 aromatic heterocycles. The van der Waals surface area contributed by atoms with E-state index < -0.39 is 17.7 Å². The molecular formula is C36H47N7O4. The van der Waals surface area contributed by atoms with Crippen molar-refractivity contribution in [3.05, 3.63) is 58.8 Å². The monoisotopic (exact) mass is 641 g/mol. The molecule has 3 fully saturated rings. The second-order valence-corrected chi connectivity index (χ2v) is 13.7. The number of aromatic nitrogens is 2. The lowest BCUT2D eigenvalue weighted by Gasteiger charge is -2.44. The first-order valence-corrected chi connectivity index (χ1v) is 17.5. The summed E-state index contributed by atoms with van der Waals surface area (Å²) in [6, 6.07) is 11.5. The van der Waals surface area contributed by atoms with Crippen LogP contribution in [-0.2, 0) is 28.0 Å². The van der Waals surface area contributed by atoms with E-state index in [1.165, 1.54) is 19.3 Å². The fourth-order valence-corrected chi connectivity index (χ4v) is 8.21. The molecule has 0 aliphatic carbocycles. The van der Waals surface area contributed by atoms with Gasteiger partial charge in [-0.05, 0) is 75.4 Å². The van der Waals surface area contributed by atoms with Gasteiger partial charge in [0.1, 0.15) is 11.6 Å². The van der Waals surface area contributed by atoms with Gasteiger partial charge in [-0.2, -0.15) is 5.10 Å². The largest absolute Gasteiger partial charge is 0.438 e. The van der Waals surface area contributed by atoms with Gasteiger partial charge in [-0.3, -0.25) is 15.2 Å². The number of aryl methyl sites for hydroxylation is 2. The van der Waals surface area contributed by atoms with Crippen LogP contribution < -0.4 is 10.6 Å². The normalized spacial score (nSPS) is 20.9. The van der Waals surface area contributed by atoms with Gasteiger partial charge in [-0.25, -0.2) is 9.59 Å². The smallest absolute Gasteiger partial charge is 0.412 e. The highest BCUT2D eigenvalue weighted by atomic mass is 16.6. The zero-order valence-electron chi connectivity index (χ0n) is 27.6. The number of carbonyl (C=O) groups is 3. The van der Waals surface area contributed by atoms with Crippen LogP contribution in [0.25, 0.3) is 10.9 Å². The third kappa shape index (κ3) is 6.29. The number of aromatic amines is 1. The third-order valence-electron chi connectivity index (χ3n) is 10.9. The first-order valence-electron chi connectivity index (χ1n) is 17.5. The van der Waals surface area contributed by atoms with Gasteiger partial charge < -0.3 is 24.8 Å². The van der Waals surface area contributed by atoms with Crippen LogP contribution in [0.2, 0.25) is 0 Å². The number of piperidine rings is 3. The number of ether oxygens (including phenoxy) is 1. The predicted octanol–water partition coefficient (Wildman–Crippen LogP) is 5.08. The van der Waals surface area contributed by atoms with Crippen LogP contribution in [-0.4, -0.2) is 94.3 Å². The minimum Gasteiger partial charge on any atom is -0.438 e. The van der Waals surface area contributed by atoms with Gasteiger partial charge in [0.15, 0.2) is 0 Å². The number of amides is 4. The molecule has 4 aliphatic heterocycles. The van der Waals surface area contributed by atoms with Crippen molar-refractivity contribution in [2.45, 2.75) is 89.3 Å². The zero-order chi connectivity index (χ0) is 32.5. The Bertz CT molecular complexity index is 1630. The number of carbonyl (C=O) groups excluding carboxylic acids is 3. The predicted molar refractivity (Wildman–Crippen MR) is 180 cm³/mol. The highest BCUT2D eigenvalue weighted by Gasteiger charge is 2.45. The number of nitrogens with one attached hydrogen (secondary N) is 3. The molecule has 4 aliphatic rings. The summed E-state index contributed by atoms with van der Waals surface area (Å²) in [4.78, 5) is 46.9. The molecule has 1 unspecified atom stereocenters. The standard InChI is InChI=1S/C36H47N7O4/c1-3-26-21-25(22-28-24(2)39-40-32(26)28)23-31(33(44)42-17-11-27(12-18-42)41-15-7-4-8-16-41)37-34(45)43-19-13-36(14-20-43)29-9-5-6-10-30(29)38-35(46)47-36/h5-6,9-10,21-22,27,31H,3-4,7-8,11-20,23H2,1-2H3,(H,37,45)(H,38,46)(H,39,40). The lowest BCUT2D eigenvalue weighted by Crippen LogP contribution is -2.57. The maximum absolute atomic E-state index is 14.3. The first kappa shape index (κ1) is 31.5. The van der Waals surface area contributed by atoms with Crippen LogP contribution in [0.1, 0.15) is 74.3 Å². The van der Waals surface area contributed by atoms with Crippen LogP contribution >= 0.6 is 0 Å². The number of rotatable bonds is 6. The van der Waals surface area contributed by atoms with E-state index in [9.17, 15) is 14.4 Å². The SMILES string of the molecule is CCc1cc(CC(NC(=O)N2CCC3(CC2)OC(=O)Nc2ccccc23)C(=O)N2CCC(N3CCCCC3)CC2)cc2c(C)n[nH]c12. The number of benzene rings is 2. The van der Waals surface area contributed by atoms with E-state index in [2.05, 4.69) is 44.8 Å². The van der Waals surface area contributed by atoms with Crippen LogP contribution in [0, 0.1) is 6.92 Å². The van der Waals surface area contributed by atoms with E-state index in [0.29, 0.717) is 51.5 Å². The van der Waals surface area contributed by atoms with Crippen LogP contribution in [0.4, 0.5) is 15.3 Å². The van der Waals surface area contributed by atoms with Gasteiger partial charge in [-0.15, -0.1) is 0 Å². The summed E-state index contributed by atoms with van der Waals surface area (Å²) in [6.45, 7) is 8.66. The topological polar surface area (TPSA) is 123 Å². The van der Waals surface area contributed by atoms with Crippen LogP contribution in [0.3, 0.4) is 0 Å². The molecule has 250 valence electrons. The fourth-order valence-electron chi connectivity index (χ4n) is 8.21. The van der Waals surface area contributed by atoms with Crippen molar-refractivity contribution in [3.63, 3.8) is 0 Å². The average Bonchev–Trinajstić information content (AvgIpc) is 3.48. The summed E-state index contributed by atoms with van der Waals surface area (Å²) in [7, 11) is 0. The molecule has 3 saturated heterocycles. The number of para-hydroxylation sites is 1. The molecule has 11 heteroatoms. The maximum atomic E-state index is 14.3. The van der Waals surface area contributed by atoms with Crippen molar-refractivity contribution >= 4 is 34.6 Å². The van der Waals surface area contributed by atoms with E-state index in [-0.39, 0.29) is 11.9 Å². The van der Waals surface area contributed by atoms with Gasteiger partial charge in [-0.1, -0.05) is 37.6 Å². The molecule has 1 spiro atoms. The summed E-state index contributed by atoms with van der Waals surface area (Å²) in [5.74, 6) is -0.0211. The van der Waals surface area contributed by atoms with Crippen molar-refractivity contribution in [1.82, 2.24) is 30.2 Å². The Hall–Kier alpha value is -4.12. The first-order chi connectivity index (χ1) is 22.8. The molecule has 11 nitrogen and oxygen atoms in total. The average molecular weight is 642 g/mol. The minimum absolute atomic E-state index is 0.0211. The number of nitrogens with zero attached hydrogens (tertiary/aromatic N) is 4. The number of urea groups is 1. The summed E-state index contributed by atoms with van der Waals surface area (Å²) >= 11 is 0. The van der Waals surface area contributed by atoms with Crippen molar-refractivity contribution in [2.24, 2.45) is 0 Å². The number of hydrogen-bond acceptors (Lipinski definition) is 6. The Morgan fingerprint density at radius 1 is 1.02 bits per heavy atom. The Balaban J connectivity index is 1.08. The summed E-state index contributed by atoms with van der Waals surface area (Å²) in [5.41, 5.74) is 5.05. The Labute approximate surface area is 276 Å². The summed E-state index contributed by atoms with van der Waals surface area (Å²) in [5, 5.41) is 14.6. The zero-order valence-corrected chi connectivity index (χ0v) is 27.6. The quantitative estimate of drug-likeness (QED) is 0.345. The van der Waals surface area contributed by atoms with E-state index in [0.717, 1.165) is 71.3 Å². The molecule has 2 aromatic carbocycles. The Morgan fingerprint density at radius 2 is 1.77 bits per heavy atom. The highest BCUT2D eigenvalue weighted by Crippen LogP contribution is 2.43. The van der Waals surface area contributed by atoms with Crippen LogP contribution in [0.15, 0.2) is 36.4 Å². The number of fused-ring (bicyclic) bond motifs is 3. The van der Waals surface area contributed by atoms with Gasteiger partial charge >= 0.3 is 12.1 Å². The maximum Gasteiger partial charge on any atom is 0.412 e. The highest BCUT2D eigenvalue weighted by molar-refractivity contribution is 5.90. The molecule has 1 atom stereocenters. The van der Waals surface area contributed by atoms with Crippen molar-refractivity contribution in [2.75, 3.05) is 44.6 Å². The van der Waals surface area contributed by atoms with E-state index in [1.807, 2.05) is 36.1 Å². The molecule has 0 saturated carbocycles. The van der Waals surface area contributed by atoms with Crippen molar-refractivity contribution < 1.29 is 19.1 Å². The van der Waals surface area contributed by atoms with E-state index in [4.69, 9.17) is 4.74 Å². The van der Waals surface area contributed by atoms with Crippen molar-refractivity contribution in [1.29, 1.82) is 0 Å². The molecule has 7 rings (SSSR count). The van der Waals surface area contributed by atoms with Gasteiger partial charge in [0, 0.05) is 62.4 Å². The molecular weight excluding hydrogens is 594 g/mol. The minimum atomic E-state index is -0.766. The Morgan fingerprint density at radius 3 is 2.51 bits per heavy atom. The second-order valence-electron chi connectivity index (χ2n) is 13.7. The molecule has 3 aromatic rings. The molecule has 3 N–H and O–H groups in total. The van der Waals surface area contributed by atoms with Gasteiger partial charge in [0.2, 0.25) is 5.91 Å². The molecule has 0 radical (unpaired) electrons. The Kier molecular flexibility index (Phi) is 8.83. The van der Waals surface area contributed by atoms with Crippen molar-refractivity contribution in [3.8, 4) is 0 Å². The lowest BCUT2D eigenvalue weighted by molar-refractivity contribution is -0.135. The molecule has 0 bridgehead atoms. The number of anilines is 1. The van der Waals surface area contributed by atoms with Gasteiger partial charge in [0.25, 0.3) is 0 Å². The second kappa shape index (κ2) is 13.2. The number of hydrogen-bond donors (Lipinski definition) is 3. The van der Waals surface area contributed by atoms with Crippen LogP contribution in [0.5, 0.6) is 0 Å². The van der Waals surface area contributed by atoms with E-state index >= 15 is 0 Å². The number of H-pyrrole nitrogens is 1. The molecule has 47 heavy (non-hydrogen) atoms. The van der Waals surface area contributed by atoms with Gasteiger partial charge in [0.05, 0.1) is 16.9 Å². The summed E-state index contributed by atoms with van der Waals surface area (Å²) < 4.78 is 5.88. The fraction of sp³-hybridized carbons (Fsp3) is 0.556. The number of likely N-dealkylation sites (tertiary alicyclic amines) is 3. The third-order valence-corrected chi connectivity index (χ3v) is 10.9. The summed E-state index contributed by atoms with van der Waals surface area (Å²) in [6.07, 6.45) is 7.52.